The van der Waals surface area contributed by atoms with Gasteiger partial charge < -0.3 is 0 Å². The Bertz CT molecular complexity index is 719. The second-order valence-corrected chi connectivity index (χ2v) is 3.37. The maximum absolute atomic E-state index is 11.7. The molecule has 6 heteroatoms. The second-order valence-electron chi connectivity index (χ2n) is 3.37. The molecule has 3 N–H and O–H groups in total. The highest BCUT2D eigenvalue weighted by atomic mass is 16.2. The second kappa shape index (κ2) is 5.03. The number of benzene rings is 1. The Morgan fingerprint density at radius 2 is 1.83 bits per heavy atom. The van der Waals surface area contributed by atoms with Gasteiger partial charge in [0.2, 0.25) is 0 Å². The zero-order valence-electron chi connectivity index (χ0n) is 9.33. The number of hydrazine groups is 1. The molecule has 0 atom stereocenters. The smallest absolute Gasteiger partial charge is 0.267 e. The first kappa shape index (κ1) is 11.7. The molecule has 0 fully saturated rings. The molecule has 0 aliphatic carbocycles. The van der Waals surface area contributed by atoms with E-state index in [-0.39, 0.29) is 0 Å². The van der Waals surface area contributed by atoms with Crippen LogP contribution in [0.25, 0.3) is 0 Å². The predicted octanol–water partition coefficient (Wildman–Crippen LogP) is -0.716. The average Bonchev–Trinajstić information content (AvgIpc) is 2.40. The molecule has 90 valence electrons. The molecule has 2 rings (SSSR count). The summed E-state index contributed by atoms with van der Waals surface area (Å²) >= 11 is 0. The number of nitrogens with zero attached hydrogens (tertiary/aromatic N) is 2. The molecule has 0 bridgehead atoms. The highest BCUT2D eigenvalue weighted by Gasteiger charge is 2.00. The highest BCUT2D eigenvalue weighted by Crippen LogP contribution is 1.94. The van der Waals surface area contributed by atoms with Crippen molar-refractivity contribution in [3.05, 3.63) is 69.0 Å². The standard InChI is InChI=1S/C12H10N4O2/c13-14-16-11(17)7-9-15(12(16)18)8-6-10-4-2-1-3-5-10/h1-5,7,9,14H,13H2. The predicted molar refractivity (Wildman–Crippen MR) is 67.2 cm³/mol. The number of aromatic nitrogens is 2. The van der Waals surface area contributed by atoms with Gasteiger partial charge in [-0.3, -0.25) is 10.3 Å². The molecular weight excluding hydrogens is 232 g/mol. The lowest BCUT2D eigenvalue weighted by molar-refractivity contribution is 0.728. The molecule has 0 saturated heterocycles. The first-order valence-corrected chi connectivity index (χ1v) is 5.11. The normalized spacial score (nSPS) is 9.39. The Kier molecular flexibility index (Phi) is 3.27. The first-order chi connectivity index (χ1) is 8.72. The Labute approximate surface area is 102 Å². The molecule has 0 saturated carbocycles. The third-order valence-corrected chi connectivity index (χ3v) is 2.21. The van der Waals surface area contributed by atoms with Crippen molar-refractivity contribution in [1.82, 2.24) is 9.24 Å². The van der Waals surface area contributed by atoms with Crippen LogP contribution in [0.2, 0.25) is 0 Å². The number of hydrogen-bond acceptors (Lipinski definition) is 4. The number of nitrogens with one attached hydrogen (secondary N) is 1. The van der Waals surface area contributed by atoms with Crippen molar-refractivity contribution in [2.45, 2.75) is 0 Å². The Morgan fingerprint density at radius 1 is 1.11 bits per heavy atom. The van der Waals surface area contributed by atoms with Gasteiger partial charge in [-0.2, -0.15) is 4.68 Å². The fourth-order valence-corrected chi connectivity index (χ4v) is 1.33. The molecule has 0 radical (unpaired) electrons. The molecule has 0 aliphatic rings. The van der Waals surface area contributed by atoms with Crippen LogP contribution in [-0.2, 0) is 0 Å². The topological polar surface area (TPSA) is 82.0 Å². The van der Waals surface area contributed by atoms with Crippen molar-refractivity contribution in [3.63, 3.8) is 0 Å². The average molecular weight is 242 g/mol. The van der Waals surface area contributed by atoms with Gasteiger partial charge in [0.1, 0.15) is 0 Å². The number of rotatable bonds is 1. The molecule has 0 aliphatic heterocycles. The third-order valence-electron chi connectivity index (χ3n) is 2.21. The van der Waals surface area contributed by atoms with Crippen LogP contribution in [0.1, 0.15) is 5.56 Å². The van der Waals surface area contributed by atoms with E-state index in [2.05, 4.69) is 12.0 Å². The van der Waals surface area contributed by atoms with Crippen LogP contribution < -0.4 is 22.6 Å². The molecule has 0 spiro atoms. The monoisotopic (exact) mass is 242 g/mol. The van der Waals surface area contributed by atoms with Crippen LogP contribution in [-0.4, -0.2) is 9.24 Å². The van der Waals surface area contributed by atoms with Crippen LogP contribution in [0.4, 0.5) is 0 Å². The Morgan fingerprint density at radius 3 is 2.50 bits per heavy atom. The summed E-state index contributed by atoms with van der Waals surface area (Å²) < 4.78 is 1.74. The van der Waals surface area contributed by atoms with Crippen LogP contribution in [0, 0.1) is 12.0 Å². The van der Waals surface area contributed by atoms with Gasteiger partial charge >= 0.3 is 5.69 Å². The van der Waals surface area contributed by atoms with Crippen molar-refractivity contribution in [2.75, 3.05) is 5.53 Å². The Balaban J connectivity index is 2.46. The van der Waals surface area contributed by atoms with E-state index >= 15 is 0 Å². The van der Waals surface area contributed by atoms with Crippen LogP contribution in [0.3, 0.4) is 0 Å². The van der Waals surface area contributed by atoms with E-state index in [1.807, 2.05) is 35.9 Å². The van der Waals surface area contributed by atoms with Crippen LogP contribution in [0.15, 0.2) is 52.2 Å². The van der Waals surface area contributed by atoms with Gasteiger partial charge in [0.05, 0.1) is 0 Å². The molecule has 0 unspecified atom stereocenters. The van der Waals surface area contributed by atoms with Crippen molar-refractivity contribution >= 4 is 0 Å². The first-order valence-electron chi connectivity index (χ1n) is 5.11. The number of nitrogen functional groups attached to an aromatic ring is 1. The summed E-state index contributed by atoms with van der Waals surface area (Å²) in [4.78, 5) is 23.0. The number of hydrogen-bond donors (Lipinski definition) is 2. The van der Waals surface area contributed by atoms with E-state index < -0.39 is 11.2 Å². The molecule has 1 heterocycles. The minimum atomic E-state index is -0.645. The minimum absolute atomic E-state index is 0.541. The van der Waals surface area contributed by atoms with Crippen molar-refractivity contribution in [2.24, 2.45) is 5.84 Å². The minimum Gasteiger partial charge on any atom is -0.267 e. The summed E-state index contributed by atoms with van der Waals surface area (Å²) in [6, 6.07) is 13.0. The summed E-state index contributed by atoms with van der Waals surface area (Å²) in [6.07, 6.45) is 1.30. The van der Waals surface area contributed by atoms with Gasteiger partial charge in [-0.1, -0.05) is 18.2 Å². The largest absolute Gasteiger partial charge is 0.362 e. The molecule has 1 aromatic carbocycles. The maximum Gasteiger partial charge on any atom is 0.362 e. The lowest BCUT2D eigenvalue weighted by Crippen LogP contribution is -2.45. The van der Waals surface area contributed by atoms with Crippen molar-refractivity contribution in [1.29, 1.82) is 0 Å². The molecular formula is C12H10N4O2. The van der Waals surface area contributed by atoms with Crippen LogP contribution >= 0.6 is 0 Å². The van der Waals surface area contributed by atoms with Gasteiger partial charge in [-0.05, 0) is 18.1 Å². The molecule has 6 nitrogen and oxygen atoms in total. The Hall–Kier alpha value is -2.78. The fraction of sp³-hybridized carbons (Fsp3) is 0. The van der Waals surface area contributed by atoms with Gasteiger partial charge in [-0.15, -0.1) is 0 Å². The molecule has 0 amide bonds. The van der Waals surface area contributed by atoms with E-state index in [9.17, 15) is 9.59 Å². The molecule has 18 heavy (non-hydrogen) atoms. The van der Waals surface area contributed by atoms with Gasteiger partial charge in [0.25, 0.3) is 5.56 Å². The summed E-state index contributed by atoms with van der Waals surface area (Å²) in [5.41, 5.74) is 1.59. The van der Waals surface area contributed by atoms with Gasteiger partial charge in [-0.25, -0.2) is 15.2 Å². The lowest BCUT2D eigenvalue weighted by Gasteiger charge is -2.02. The molecule has 1 aromatic heterocycles. The van der Waals surface area contributed by atoms with Crippen molar-refractivity contribution < 1.29 is 0 Å². The SMILES string of the molecule is NNn1c(=O)ccn(C#Cc2ccccc2)c1=O. The van der Waals surface area contributed by atoms with Crippen LogP contribution in [0.5, 0.6) is 0 Å². The molecule has 2 aromatic rings. The van der Waals surface area contributed by atoms with E-state index in [1.54, 1.807) is 0 Å². The summed E-state index contributed by atoms with van der Waals surface area (Å²) in [7, 11) is 0. The summed E-state index contributed by atoms with van der Waals surface area (Å²) in [6.45, 7) is 0. The zero-order valence-corrected chi connectivity index (χ0v) is 9.33. The summed E-state index contributed by atoms with van der Waals surface area (Å²) in [5, 5.41) is 0. The fourth-order valence-electron chi connectivity index (χ4n) is 1.33. The van der Waals surface area contributed by atoms with E-state index in [1.165, 1.54) is 12.3 Å². The lowest BCUT2D eigenvalue weighted by atomic mass is 10.2. The van der Waals surface area contributed by atoms with E-state index in [4.69, 9.17) is 5.84 Å². The quantitative estimate of drug-likeness (QED) is 0.393. The van der Waals surface area contributed by atoms with Crippen molar-refractivity contribution in [3.8, 4) is 12.0 Å². The van der Waals surface area contributed by atoms with E-state index in [0.717, 1.165) is 10.1 Å². The highest BCUT2D eigenvalue weighted by molar-refractivity contribution is 5.33. The summed E-state index contributed by atoms with van der Waals surface area (Å²) in [5.74, 6) is 7.88. The zero-order chi connectivity index (χ0) is 13.0. The third kappa shape index (κ3) is 2.31. The van der Waals surface area contributed by atoms with Gasteiger partial charge in [0, 0.05) is 23.9 Å². The van der Waals surface area contributed by atoms with E-state index in [0.29, 0.717) is 4.68 Å². The number of nitrogens with two attached hydrogens (primary N) is 1. The maximum atomic E-state index is 11.7. The van der Waals surface area contributed by atoms with Gasteiger partial charge in [0.15, 0.2) is 0 Å².